The van der Waals surface area contributed by atoms with E-state index in [2.05, 4.69) is 17.4 Å². The molecule has 0 amide bonds. The SMILES string of the molecule is COC1C(O)C(S)OC(OC2C(O)OC=C(O)C2O)C1O. The van der Waals surface area contributed by atoms with Gasteiger partial charge in [0.25, 0.3) is 0 Å². The second-order valence-electron chi connectivity index (χ2n) is 4.69. The van der Waals surface area contributed by atoms with Crippen molar-refractivity contribution < 1.29 is 44.5 Å². The number of aliphatic hydroxyl groups excluding tert-OH is 5. The van der Waals surface area contributed by atoms with Crippen LogP contribution in [0.15, 0.2) is 12.0 Å². The number of aliphatic hydroxyl groups is 5. The van der Waals surface area contributed by atoms with Crippen LogP contribution in [-0.4, -0.2) is 81.2 Å². The number of hydrogen-bond donors (Lipinski definition) is 6. The Morgan fingerprint density at radius 1 is 1.14 bits per heavy atom. The van der Waals surface area contributed by atoms with Gasteiger partial charge in [-0.15, -0.1) is 12.6 Å². The van der Waals surface area contributed by atoms with Crippen LogP contribution >= 0.6 is 12.6 Å². The maximum absolute atomic E-state index is 10.0. The first-order chi connectivity index (χ1) is 9.86. The summed E-state index contributed by atoms with van der Waals surface area (Å²) in [5.74, 6) is -0.540. The van der Waals surface area contributed by atoms with Crippen molar-refractivity contribution in [3.8, 4) is 0 Å². The molecule has 2 rings (SSSR count). The second kappa shape index (κ2) is 6.67. The third kappa shape index (κ3) is 3.27. The molecule has 0 spiro atoms. The minimum absolute atomic E-state index is 0.540. The van der Waals surface area contributed by atoms with Gasteiger partial charge in [-0.05, 0) is 0 Å². The van der Waals surface area contributed by atoms with Crippen molar-refractivity contribution in [1.82, 2.24) is 0 Å². The van der Waals surface area contributed by atoms with E-state index >= 15 is 0 Å². The van der Waals surface area contributed by atoms with Crippen LogP contribution in [0.25, 0.3) is 0 Å². The highest BCUT2D eigenvalue weighted by Gasteiger charge is 2.47. The van der Waals surface area contributed by atoms with Gasteiger partial charge in [-0.1, -0.05) is 0 Å². The molecule has 9 nitrogen and oxygen atoms in total. The molecular weight excluding hydrogens is 308 g/mol. The first kappa shape index (κ1) is 16.8. The van der Waals surface area contributed by atoms with E-state index in [4.69, 9.17) is 14.2 Å². The Balaban J connectivity index is 2.09. The highest BCUT2D eigenvalue weighted by molar-refractivity contribution is 7.80. The fraction of sp³-hybridized carbons (Fsp3) is 0.818. The summed E-state index contributed by atoms with van der Waals surface area (Å²) in [6.45, 7) is 0. The molecule has 8 unspecified atom stereocenters. The standard InChI is InChI=1S/C11H18O9S/c1-17-7-5(14)10(20-11(21)6(7)15)19-8-4(13)3(12)2-18-9(8)16/h2,4-16,21H,1H3. The Morgan fingerprint density at radius 3 is 2.43 bits per heavy atom. The van der Waals surface area contributed by atoms with Gasteiger partial charge in [-0.2, -0.15) is 0 Å². The van der Waals surface area contributed by atoms with Crippen LogP contribution in [0.2, 0.25) is 0 Å². The zero-order chi connectivity index (χ0) is 15.7. The van der Waals surface area contributed by atoms with Crippen molar-refractivity contribution in [1.29, 1.82) is 0 Å². The van der Waals surface area contributed by atoms with Crippen molar-refractivity contribution in [2.45, 2.75) is 48.5 Å². The fourth-order valence-corrected chi connectivity index (χ4v) is 2.41. The predicted molar refractivity (Wildman–Crippen MR) is 69.1 cm³/mol. The minimum atomic E-state index is -1.57. The number of hydrogen-bond acceptors (Lipinski definition) is 10. The molecule has 5 N–H and O–H groups in total. The molecule has 8 atom stereocenters. The van der Waals surface area contributed by atoms with Crippen molar-refractivity contribution >= 4 is 12.6 Å². The van der Waals surface area contributed by atoms with E-state index in [9.17, 15) is 25.5 Å². The van der Waals surface area contributed by atoms with Gasteiger partial charge in [-0.25, -0.2) is 0 Å². The molecule has 1 fully saturated rings. The van der Waals surface area contributed by atoms with Crippen molar-refractivity contribution in [2.24, 2.45) is 0 Å². The van der Waals surface area contributed by atoms with E-state index in [-0.39, 0.29) is 0 Å². The molecule has 0 saturated carbocycles. The summed E-state index contributed by atoms with van der Waals surface area (Å²) in [5, 5.41) is 48.5. The highest BCUT2D eigenvalue weighted by atomic mass is 32.1. The number of rotatable bonds is 3. The van der Waals surface area contributed by atoms with Gasteiger partial charge in [-0.3, -0.25) is 0 Å². The summed E-state index contributed by atoms with van der Waals surface area (Å²) < 4.78 is 20.0. The van der Waals surface area contributed by atoms with Crippen molar-refractivity contribution in [3.05, 3.63) is 12.0 Å². The molecule has 0 aromatic heterocycles. The first-order valence-electron chi connectivity index (χ1n) is 6.15. The molecule has 2 aliphatic rings. The Labute approximate surface area is 125 Å². The van der Waals surface area contributed by atoms with Gasteiger partial charge in [0.05, 0.1) is 0 Å². The summed E-state index contributed by atoms with van der Waals surface area (Å²) in [6, 6.07) is 0. The maximum Gasteiger partial charge on any atom is 0.226 e. The van der Waals surface area contributed by atoms with Crippen LogP contribution in [0, 0.1) is 0 Å². The average Bonchev–Trinajstić information content (AvgIpc) is 2.45. The van der Waals surface area contributed by atoms with Gasteiger partial charge < -0.3 is 44.5 Å². The largest absolute Gasteiger partial charge is 0.506 e. The lowest BCUT2D eigenvalue weighted by Gasteiger charge is -2.42. The maximum atomic E-state index is 10.0. The van der Waals surface area contributed by atoms with Crippen LogP contribution in [-0.2, 0) is 18.9 Å². The lowest BCUT2D eigenvalue weighted by molar-refractivity contribution is -0.323. The quantitative estimate of drug-likeness (QED) is 0.320. The number of thiol groups is 1. The molecule has 21 heavy (non-hydrogen) atoms. The number of ether oxygens (including phenoxy) is 4. The summed E-state index contributed by atoms with van der Waals surface area (Å²) in [6.07, 6.45) is -8.73. The summed E-state index contributed by atoms with van der Waals surface area (Å²) >= 11 is 3.99. The van der Waals surface area contributed by atoms with E-state index in [1.807, 2.05) is 0 Å². The van der Waals surface area contributed by atoms with Crippen LogP contribution in [0.4, 0.5) is 0 Å². The molecule has 122 valence electrons. The molecule has 2 heterocycles. The molecule has 0 aliphatic carbocycles. The zero-order valence-electron chi connectivity index (χ0n) is 11.0. The normalized spacial score (nSPS) is 47.6. The molecule has 0 bridgehead atoms. The molecule has 1 saturated heterocycles. The zero-order valence-corrected chi connectivity index (χ0v) is 11.9. The fourth-order valence-electron chi connectivity index (χ4n) is 2.12. The first-order valence-corrected chi connectivity index (χ1v) is 6.67. The topological polar surface area (TPSA) is 138 Å². The van der Waals surface area contributed by atoms with Gasteiger partial charge in [0, 0.05) is 7.11 Å². The Morgan fingerprint density at radius 2 is 1.81 bits per heavy atom. The molecule has 0 aromatic carbocycles. The van der Waals surface area contributed by atoms with Gasteiger partial charge in [0.2, 0.25) is 6.29 Å². The number of methoxy groups -OCH3 is 1. The summed E-state index contributed by atoms with van der Waals surface area (Å²) in [5.41, 5.74) is -1.01. The Bertz CT molecular complexity index is 392. The molecular formula is C11H18O9S. The smallest absolute Gasteiger partial charge is 0.226 e. The van der Waals surface area contributed by atoms with Crippen LogP contribution < -0.4 is 0 Å². The van der Waals surface area contributed by atoms with Crippen LogP contribution in [0.3, 0.4) is 0 Å². The highest BCUT2D eigenvalue weighted by Crippen LogP contribution is 2.29. The minimum Gasteiger partial charge on any atom is -0.506 e. The third-order valence-electron chi connectivity index (χ3n) is 3.30. The van der Waals surface area contributed by atoms with Crippen LogP contribution in [0.5, 0.6) is 0 Å². The van der Waals surface area contributed by atoms with E-state index in [1.165, 1.54) is 7.11 Å². The van der Waals surface area contributed by atoms with Crippen LogP contribution in [0.1, 0.15) is 0 Å². The van der Waals surface area contributed by atoms with E-state index in [0.717, 1.165) is 6.26 Å². The molecule has 0 aromatic rings. The predicted octanol–water partition coefficient (Wildman–Crippen LogP) is -2.17. The molecule has 2 aliphatic heterocycles. The monoisotopic (exact) mass is 326 g/mol. The van der Waals surface area contributed by atoms with Gasteiger partial charge in [0.15, 0.2) is 18.2 Å². The van der Waals surface area contributed by atoms with Gasteiger partial charge >= 0.3 is 0 Å². The lowest BCUT2D eigenvalue weighted by atomic mass is 10.0. The Kier molecular flexibility index (Phi) is 5.33. The molecule has 10 heteroatoms. The summed E-state index contributed by atoms with van der Waals surface area (Å²) in [4.78, 5) is 0. The molecule has 0 radical (unpaired) electrons. The Hall–Kier alpha value is -0.590. The average molecular weight is 326 g/mol. The van der Waals surface area contributed by atoms with Crippen molar-refractivity contribution in [2.75, 3.05) is 7.11 Å². The van der Waals surface area contributed by atoms with E-state index in [1.54, 1.807) is 0 Å². The van der Waals surface area contributed by atoms with Gasteiger partial charge in [0.1, 0.15) is 36.1 Å². The van der Waals surface area contributed by atoms with E-state index < -0.39 is 54.3 Å². The van der Waals surface area contributed by atoms with Crippen molar-refractivity contribution in [3.63, 3.8) is 0 Å². The van der Waals surface area contributed by atoms with E-state index in [0.29, 0.717) is 0 Å². The third-order valence-corrected chi connectivity index (χ3v) is 3.73. The summed E-state index contributed by atoms with van der Waals surface area (Å²) in [7, 11) is 1.28. The second-order valence-corrected chi connectivity index (χ2v) is 5.20. The lowest BCUT2D eigenvalue weighted by Crippen LogP contribution is -2.59.